The van der Waals surface area contributed by atoms with Crippen LogP contribution in [-0.4, -0.2) is 31.1 Å². The smallest absolute Gasteiger partial charge is 0.331 e. The Morgan fingerprint density at radius 2 is 1.90 bits per heavy atom. The SMILES string of the molecule is O=C(/C=C/c1cc(Cl)c2c(c1)OCCO2)O[C@@H](C(=O)NC1CC1)c1ccccc1. The van der Waals surface area contributed by atoms with E-state index >= 15 is 0 Å². The molecule has 0 spiro atoms. The minimum atomic E-state index is -1.00. The van der Waals surface area contributed by atoms with Crippen LogP contribution in [0.2, 0.25) is 5.02 Å². The number of carbonyl (C=O) groups excluding carboxylic acids is 2. The van der Waals surface area contributed by atoms with Crippen LogP contribution in [0.25, 0.3) is 6.08 Å². The summed E-state index contributed by atoms with van der Waals surface area (Å²) in [6, 6.07) is 12.5. The molecule has 0 radical (unpaired) electrons. The number of amides is 1. The van der Waals surface area contributed by atoms with Crippen molar-refractivity contribution in [1.29, 1.82) is 0 Å². The zero-order valence-electron chi connectivity index (χ0n) is 15.6. The summed E-state index contributed by atoms with van der Waals surface area (Å²) < 4.78 is 16.5. The summed E-state index contributed by atoms with van der Waals surface area (Å²) in [4.78, 5) is 25.0. The maximum Gasteiger partial charge on any atom is 0.331 e. The van der Waals surface area contributed by atoms with Crippen LogP contribution in [0.5, 0.6) is 11.5 Å². The molecule has 1 amide bonds. The first-order valence-electron chi connectivity index (χ1n) is 9.43. The van der Waals surface area contributed by atoms with E-state index < -0.39 is 12.1 Å². The van der Waals surface area contributed by atoms with Gasteiger partial charge >= 0.3 is 5.97 Å². The summed E-state index contributed by atoms with van der Waals surface area (Å²) in [5.74, 6) is 0.0832. The van der Waals surface area contributed by atoms with E-state index in [1.165, 1.54) is 6.08 Å². The van der Waals surface area contributed by atoms with Crippen LogP contribution in [-0.2, 0) is 14.3 Å². The first-order chi connectivity index (χ1) is 14.1. The monoisotopic (exact) mass is 413 g/mol. The van der Waals surface area contributed by atoms with E-state index in [1.54, 1.807) is 42.5 Å². The fourth-order valence-electron chi connectivity index (χ4n) is 2.95. The lowest BCUT2D eigenvalue weighted by molar-refractivity contribution is -0.151. The molecule has 29 heavy (non-hydrogen) atoms. The lowest BCUT2D eigenvalue weighted by Gasteiger charge is -2.19. The largest absolute Gasteiger partial charge is 0.486 e. The van der Waals surface area contributed by atoms with Crippen molar-refractivity contribution in [1.82, 2.24) is 5.32 Å². The van der Waals surface area contributed by atoms with E-state index in [0.717, 1.165) is 12.8 Å². The van der Waals surface area contributed by atoms with Gasteiger partial charge in [0.15, 0.2) is 11.5 Å². The van der Waals surface area contributed by atoms with E-state index in [-0.39, 0.29) is 11.9 Å². The lowest BCUT2D eigenvalue weighted by Crippen LogP contribution is -2.33. The van der Waals surface area contributed by atoms with Gasteiger partial charge in [-0.25, -0.2) is 4.79 Å². The Balaban J connectivity index is 1.47. The Bertz CT molecular complexity index is 940. The molecule has 0 unspecified atom stereocenters. The fraction of sp³-hybridized carbons (Fsp3) is 0.273. The van der Waals surface area contributed by atoms with Crippen LogP contribution in [0.1, 0.15) is 30.1 Å². The molecule has 1 heterocycles. The van der Waals surface area contributed by atoms with Crippen LogP contribution in [0.4, 0.5) is 0 Å². The molecular weight excluding hydrogens is 394 g/mol. The average Bonchev–Trinajstić information content (AvgIpc) is 3.55. The molecule has 2 aromatic rings. The van der Waals surface area contributed by atoms with E-state index in [2.05, 4.69) is 5.32 Å². The number of hydrogen-bond acceptors (Lipinski definition) is 5. The first-order valence-corrected chi connectivity index (χ1v) is 9.81. The third kappa shape index (κ3) is 4.90. The molecule has 0 bridgehead atoms. The van der Waals surface area contributed by atoms with Gasteiger partial charge in [-0.1, -0.05) is 41.9 Å². The number of nitrogens with one attached hydrogen (secondary N) is 1. The molecule has 1 N–H and O–H groups in total. The lowest BCUT2D eigenvalue weighted by atomic mass is 10.1. The van der Waals surface area contributed by atoms with E-state index in [0.29, 0.717) is 40.9 Å². The Morgan fingerprint density at radius 1 is 1.14 bits per heavy atom. The number of halogens is 1. The number of hydrogen-bond donors (Lipinski definition) is 1. The molecular formula is C22H20ClNO5. The van der Waals surface area contributed by atoms with Gasteiger partial charge in [0.1, 0.15) is 13.2 Å². The van der Waals surface area contributed by atoms with Crippen LogP contribution in [0.15, 0.2) is 48.5 Å². The first kappa shape index (κ1) is 19.3. The molecule has 1 atom stereocenters. The maximum atomic E-state index is 12.5. The van der Waals surface area contributed by atoms with Gasteiger partial charge in [0.2, 0.25) is 6.10 Å². The van der Waals surface area contributed by atoms with E-state index in [1.807, 2.05) is 6.07 Å². The Labute approximate surface area is 173 Å². The topological polar surface area (TPSA) is 73.9 Å². The Kier molecular flexibility index (Phi) is 5.71. The second-order valence-electron chi connectivity index (χ2n) is 6.87. The molecule has 4 rings (SSSR count). The number of rotatable bonds is 6. The van der Waals surface area contributed by atoms with Gasteiger partial charge in [-0.3, -0.25) is 4.79 Å². The van der Waals surface area contributed by atoms with E-state index in [9.17, 15) is 9.59 Å². The predicted octanol–water partition coefficient (Wildman–Crippen LogP) is 3.69. The molecule has 6 nitrogen and oxygen atoms in total. The molecule has 1 aliphatic heterocycles. The Hall–Kier alpha value is -2.99. The summed E-state index contributed by atoms with van der Waals surface area (Å²) in [5.41, 5.74) is 1.28. The van der Waals surface area contributed by atoms with Crippen molar-refractivity contribution in [2.24, 2.45) is 0 Å². The zero-order valence-corrected chi connectivity index (χ0v) is 16.4. The highest BCUT2D eigenvalue weighted by atomic mass is 35.5. The standard InChI is InChI=1S/C22H20ClNO5/c23-17-12-14(13-18-21(17)28-11-10-27-18)6-9-19(25)29-20(15-4-2-1-3-5-15)22(26)24-16-7-8-16/h1-6,9,12-13,16,20H,7-8,10-11H2,(H,24,26)/b9-6+/t20-/m1/s1. The molecule has 150 valence electrons. The summed E-state index contributed by atoms with van der Waals surface area (Å²) in [7, 11) is 0. The van der Waals surface area contributed by atoms with Gasteiger partial charge in [0, 0.05) is 17.7 Å². The highest BCUT2D eigenvalue weighted by molar-refractivity contribution is 6.32. The van der Waals surface area contributed by atoms with Gasteiger partial charge in [0.25, 0.3) is 5.91 Å². The van der Waals surface area contributed by atoms with Gasteiger partial charge < -0.3 is 19.5 Å². The van der Waals surface area contributed by atoms with Crippen molar-refractivity contribution in [3.05, 3.63) is 64.7 Å². The van der Waals surface area contributed by atoms with Crippen molar-refractivity contribution in [2.75, 3.05) is 13.2 Å². The molecule has 1 fully saturated rings. The van der Waals surface area contributed by atoms with Crippen molar-refractivity contribution in [3.63, 3.8) is 0 Å². The third-order valence-corrected chi connectivity index (χ3v) is 4.81. The number of fused-ring (bicyclic) bond motifs is 1. The molecule has 1 aliphatic carbocycles. The van der Waals surface area contributed by atoms with Crippen LogP contribution in [0.3, 0.4) is 0 Å². The predicted molar refractivity (Wildman–Crippen MR) is 108 cm³/mol. The van der Waals surface area contributed by atoms with Gasteiger partial charge in [-0.2, -0.15) is 0 Å². The summed E-state index contributed by atoms with van der Waals surface area (Å²) in [6.45, 7) is 0.880. The number of benzene rings is 2. The number of ether oxygens (including phenoxy) is 3. The molecule has 2 aliphatic rings. The normalized spacial score (nSPS) is 16.3. The second kappa shape index (κ2) is 8.57. The maximum absolute atomic E-state index is 12.5. The third-order valence-electron chi connectivity index (χ3n) is 4.53. The molecule has 7 heteroatoms. The fourth-order valence-corrected chi connectivity index (χ4v) is 3.23. The zero-order chi connectivity index (χ0) is 20.2. The molecule has 0 aromatic heterocycles. The minimum absolute atomic E-state index is 0.169. The van der Waals surface area contributed by atoms with Crippen LogP contribution >= 0.6 is 11.6 Å². The van der Waals surface area contributed by atoms with Gasteiger partial charge in [-0.05, 0) is 36.6 Å². The van der Waals surface area contributed by atoms with Crippen molar-refractivity contribution >= 4 is 29.6 Å². The average molecular weight is 414 g/mol. The van der Waals surface area contributed by atoms with Crippen LogP contribution in [0, 0.1) is 0 Å². The molecule has 1 saturated carbocycles. The van der Waals surface area contributed by atoms with E-state index in [4.69, 9.17) is 25.8 Å². The van der Waals surface area contributed by atoms with Gasteiger partial charge in [0.05, 0.1) is 5.02 Å². The summed E-state index contributed by atoms with van der Waals surface area (Å²) in [5, 5.41) is 3.29. The van der Waals surface area contributed by atoms with Crippen molar-refractivity contribution in [2.45, 2.75) is 25.0 Å². The molecule has 0 saturated heterocycles. The van der Waals surface area contributed by atoms with Gasteiger partial charge in [-0.15, -0.1) is 0 Å². The van der Waals surface area contributed by atoms with Crippen LogP contribution < -0.4 is 14.8 Å². The number of esters is 1. The highest BCUT2D eigenvalue weighted by Gasteiger charge is 2.30. The van der Waals surface area contributed by atoms with Crippen molar-refractivity contribution < 1.29 is 23.8 Å². The van der Waals surface area contributed by atoms with Crippen molar-refractivity contribution in [3.8, 4) is 11.5 Å². The minimum Gasteiger partial charge on any atom is -0.486 e. The highest BCUT2D eigenvalue weighted by Crippen LogP contribution is 2.38. The quantitative estimate of drug-likeness (QED) is 0.577. The number of carbonyl (C=O) groups is 2. The summed E-state index contributed by atoms with van der Waals surface area (Å²) in [6.07, 6.45) is 3.73. The molecule has 2 aromatic carbocycles. The second-order valence-corrected chi connectivity index (χ2v) is 7.28. The Morgan fingerprint density at radius 3 is 2.66 bits per heavy atom. The summed E-state index contributed by atoms with van der Waals surface area (Å²) >= 11 is 6.21.